The van der Waals surface area contributed by atoms with Crippen LogP contribution in [0.5, 0.6) is 0 Å². The highest BCUT2D eigenvalue weighted by Gasteiger charge is 2.18. The molecule has 0 bridgehead atoms. The van der Waals surface area contributed by atoms with Crippen molar-refractivity contribution in [2.24, 2.45) is 0 Å². The van der Waals surface area contributed by atoms with E-state index in [0.717, 1.165) is 50.6 Å². The predicted octanol–water partition coefficient (Wildman–Crippen LogP) is 4.32. The van der Waals surface area contributed by atoms with E-state index < -0.39 is 0 Å². The molecule has 4 nitrogen and oxygen atoms in total. The molecule has 0 unspecified atom stereocenters. The maximum atomic E-state index is 4.81. The van der Waals surface area contributed by atoms with Crippen LogP contribution in [0.1, 0.15) is 5.82 Å². The fraction of sp³-hybridized carbons (Fsp3) is 0.292. The van der Waals surface area contributed by atoms with Crippen molar-refractivity contribution in [3.8, 4) is 0 Å². The third-order valence-electron chi connectivity index (χ3n) is 5.96. The summed E-state index contributed by atoms with van der Waals surface area (Å²) in [5, 5.41) is 2.59. The van der Waals surface area contributed by atoms with E-state index in [9.17, 15) is 0 Å². The molecule has 0 N–H and O–H groups in total. The number of hydrogen-bond acceptors (Lipinski definition) is 3. The van der Waals surface area contributed by atoms with Crippen LogP contribution in [0.25, 0.3) is 21.8 Å². The molecule has 142 valence electrons. The summed E-state index contributed by atoms with van der Waals surface area (Å²) in [5.74, 6) is 1.11. The Kier molecular flexibility index (Phi) is 4.49. The zero-order valence-electron chi connectivity index (χ0n) is 16.4. The molecule has 0 spiro atoms. The molecule has 1 aromatic heterocycles. The summed E-state index contributed by atoms with van der Waals surface area (Å²) >= 11 is 0. The number of fused-ring (bicyclic) bond motifs is 3. The Hall–Kier alpha value is -2.85. The highest BCUT2D eigenvalue weighted by Crippen LogP contribution is 2.26. The lowest BCUT2D eigenvalue weighted by Gasteiger charge is -2.36. The monoisotopic (exact) mass is 370 g/mol. The summed E-state index contributed by atoms with van der Waals surface area (Å²) in [6.45, 7) is 8.60. The van der Waals surface area contributed by atoms with Gasteiger partial charge in [0.2, 0.25) is 0 Å². The van der Waals surface area contributed by atoms with Crippen LogP contribution in [-0.2, 0) is 6.54 Å². The van der Waals surface area contributed by atoms with Crippen molar-refractivity contribution in [2.75, 3.05) is 37.6 Å². The van der Waals surface area contributed by atoms with Crippen molar-refractivity contribution in [3.05, 3.63) is 72.6 Å². The fourth-order valence-corrected chi connectivity index (χ4v) is 4.40. The van der Waals surface area contributed by atoms with Gasteiger partial charge in [0.05, 0.1) is 11.0 Å². The Morgan fingerprint density at radius 3 is 2.36 bits per heavy atom. The van der Waals surface area contributed by atoms with Gasteiger partial charge in [0.25, 0.3) is 0 Å². The van der Waals surface area contributed by atoms with E-state index in [2.05, 4.69) is 88.0 Å². The zero-order valence-corrected chi connectivity index (χ0v) is 16.4. The predicted molar refractivity (Wildman–Crippen MR) is 117 cm³/mol. The molecular weight excluding hydrogens is 344 g/mol. The summed E-state index contributed by atoms with van der Waals surface area (Å²) in [6, 6.07) is 23.7. The number of rotatable bonds is 4. The van der Waals surface area contributed by atoms with Crippen molar-refractivity contribution in [1.29, 1.82) is 0 Å². The molecule has 0 radical (unpaired) electrons. The SMILES string of the molecule is Cc1nc2ccc3ccccc3c2n1CCN1CCN(c2ccccc2)CC1. The molecule has 1 aliphatic heterocycles. The van der Waals surface area contributed by atoms with E-state index in [1.54, 1.807) is 0 Å². The largest absolute Gasteiger partial charge is 0.369 e. The summed E-state index contributed by atoms with van der Waals surface area (Å²) in [4.78, 5) is 9.88. The lowest BCUT2D eigenvalue weighted by molar-refractivity contribution is 0.248. The molecule has 0 saturated carbocycles. The van der Waals surface area contributed by atoms with E-state index in [1.807, 2.05) is 0 Å². The first-order chi connectivity index (χ1) is 13.8. The topological polar surface area (TPSA) is 24.3 Å². The normalized spacial score (nSPS) is 15.5. The van der Waals surface area contributed by atoms with Gasteiger partial charge in [-0.2, -0.15) is 0 Å². The van der Waals surface area contributed by atoms with E-state index in [-0.39, 0.29) is 0 Å². The van der Waals surface area contributed by atoms with Crippen LogP contribution in [0, 0.1) is 6.92 Å². The van der Waals surface area contributed by atoms with Crippen LogP contribution in [0.4, 0.5) is 5.69 Å². The molecule has 1 fully saturated rings. The highest BCUT2D eigenvalue weighted by molar-refractivity contribution is 6.04. The number of aromatic nitrogens is 2. The first-order valence-electron chi connectivity index (χ1n) is 10.2. The minimum atomic E-state index is 0.988. The first-order valence-corrected chi connectivity index (χ1v) is 10.2. The van der Waals surface area contributed by atoms with Crippen LogP contribution < -0.4 is 4.90 Å². The van der Waals surface area contributed by atoms with Crippen molar-refractivity contribution in [1.82, 2.24) is 14.5 Å². The number of aryl methyl sites for hydroxylation is 1. The summed E-state index contributed by atoms with van der Waals surface area (Å²) in [5.41, 5.74) is 3.72. The minimum absolute atomic E-state index is 0.988. The van der Waals surface area contributed by atoms with Crippen molar-refractivity contribution in [2.45, 2.75) is 13.5 Å². The van der Waals surface area contributed by atoms with E-state index in [1.165, 1.54) is 22.0 Å². The van der Waals surface area contributed by atoms with Crippen LogP contribution in [0.3, 0.4) is 0 Å². The Morgan fingerprint density at radius 1 is 0.786 bits per heavy atom. The lowest BCUT2D eigenvalue weighted by Crippen LogP contribution is -2.47. The molecule has 4 heteroatoms. The van der Waals surface area contributed by atoms with Gasteiger partial charge in [-0.25, -0.2) is 4.98 Å². The van der Waals surface area contributed by atoms with Gasteiger partial charge in [0, 0.05) is 50.3 Å². The summed E-state index contributed by atoms with van der Waals surface area (Å²) < 4.78 is 2.40. The molecule has 1 saturated heterocycles. The third kappa shape index (κ3) is 3.14. The Balaban J connectivity index is 1.32. The molecule has 4 aromatic rings. The average Bonchev–Trinajstić information content (AvgIpc) is 3.09. The quantitative estimate of drug-likeness (QED) is 0.535. The molecule has 3 aromatic carbocycles. The Morgan fingerprint density at radius 2 is 1.54 bits per heavy atom. The van der Waals surface area contributed by atoms with Crippen LogP contribution in [-0.4, -0.2) is 47.2 Å². The van der Waals surface area contributed by atoms with Crippen LogP contribution in [0.2, 0.25) is 0 Å². The van der Waals surface area contributed by atoms with Crippen molar-refractivity contribution in [3.63, 3.8) is 0 Å². The van der Waals surface area contributed by atoms with Gasteiger partial charge in [0.1, 0.15) is 5.82 Å². The van der Waals surface area contributed by atoms with E-state index in [4.69, 9.17) is 4.98 Å². The van der Waals surface area contributed by atoms with Gasteiger partial charge in [0.15, 0.2) is 0 Å². The molecule has 28 heavy (non-hydrogen) atoms. The smallest absolute Gasteiger partial charge is 0.106 e. The number of hydrogen-bond donors (Lipinski definition) is 0. The first kappa shape index (κ1) is 17.3. The number of anilines is 1. The van der Waals surface area contributed by atoms with Gasteiger partial charge in [-0.1, -0.05) is 48.5 Å². The molecule has 2 heterocycles. The molecule has 0 amide bonds. The number of nitrogens with zero attached hydrogens (tertiary/aromatic N) is 4. The van der Waals surface area contributed by atoms with Crippen LogP contribution >= 0.6 is 0 Å². The van der Waals surface area contributed by atoms with Crippen molar-refractivity contribution >= 4 is 27.5 Å². The van der Waals surface area contributed by atoms with Gasteiger partial charge in [-0.3, -0.25) is 4.90 Å². The van der Waals surface area contributed by atoms with E-state index in [0.29, 0.717) is 0 Å². The number of benzene rings is 3. The summed E-state index contributed by atoms with van der Waals surface area (Å²) in [7, 11) is 0. The molecule has 5 rings (SSSR count). The molecule has 0 aliphatic carbocycles. The standard InChI is InChI=1S/C24H26N4/c1-19-25-23-12-11-20-7-5-6-10-22(20)24(23)28(19)18-15-26-13-16-27(17-14-26)21-8-3-2-4-9-21/h2-12H,13-18H2,1H3. The van der Waals surface area contributed by atoms with Gasteiger partial charge < -0.3 is 9.47 Å². The number of imidazole rings is 1. The van der Waals surface area contributed by atoms with Crippen LogP contribution in [0.15, 0.2) is 66.7 Å². The third-order valence-corrected chi connectivity index (χ3v) is 5.96. The minimum Gasteiger partial charge on any atom is -0.369 e. The summed E-state index contributed by atoms with van der Waals surface area (Å²) in [6.07, 6.45) is 0. The Bertz CT molecular complexity index is 1090. The fourth-order valence-electron chi connectivity index (χ4n) is 4.40. The maximum absolute atomic E-state index is 4.81. The lowest BCUT2D eigenvalue weighted by atomic mass is 10.1. The number of para-hydroxylation sites is 1. The Labute approximate surface area is 166 Å². The molecule has 0 atom stereocenters. The molecular formula is C24H26N4. The second kappa shape index (κ2) is 7.28. The maximum Gasteiger partial charge on any atom is 0.106 e. The average molecular weight is 371 g/mol. The van der Waals surface area contributed by atoms with Gasteiger partial charge in [-0.05, 0) is 30.5 Å². The molecule has 1 aliphatic rings. The van der Waals surface area contributed by atoms with Gasteiger partial charge in [-0.15, -0.1) is 0 Å². The second-order valence-electron chi connectivity index (χ2n) is 7.63. The van der Waals surface area contributed by atoms with Gasteiger partial charge >= 0.3 is 0 Å². The zero-order chi connectivity index (χ0) is 18.9. The second-order valence-corrected chi connectivity index (χ2v) is 7.63. The highest BCUT2D eigenvalue weighted by atomic mass is 15.3. The number of piperazine rings is 1. The van der Waals surface area contributed by atoms with E-state index >= 15 is 0 Å². The van der Waals surface area contributed by atoms with Crippen molar-refractivity contribution < 1.29 is 0 Å².